The Kier molecular flexibility index (Phi) is 5.35. The first kappa shape index (κ1) is 15.2. The van der Waals surface area contributed by atoms with Crippen molar-refractivity contribution >= 4 is 9.84 Å². The Balaban J connectivity index is 2.80. The molecule has 3 nitrogen and oxygen atoms in total. The van der Waals surface area contributed by atoms with Crippen molar-refractivity contribution in [1.29, 1.82) is 0 Å². The van der Waals surface area contributed by atoms with E-state index in [1.54, 1.807) is 0 Å². The number of hydrogen-bond donors (Lipinski definition) is 0. The largest absolute Gasteiger partial charge is 0.298 e. The van der Waals surface area contributed by atoms with Crippen LogP contribution < -0.4 is 0 Å². The van der Waals surface area contributed by atoms with Crippen LogP contribution in [0.4, 0.5) is 0 Å². The summed E-state index contributed by atoms with van der Waals surface area (Å²) in [5, 5.41) is 0. The first-order chi connectivity index (χ1) is 8.31. The van der Waals surface area contributed by atoms with Gasteiger partial charge < -0.3 is 0 Å². The molecular weight excluding hydrogens is 246 g/mol. The summed E-state index contributed by atoms with van der Waals surface area (Å²) in [5.74, 6) is 0.650. The Hall–Kier alpha value is -0.870. The maximum Gasteiger partial charge on any atom is 0.148 e. The van der Waals surface area contributed by atoms with Gasteiger partial charge in [-0.05, 0) is 18.5 Å². The van der Waals surface area contributed by atoms with Crippen molar-refractivity contribution in [3.05, 3.63) is 35.9 Å². The van der Waals surface area contributed by atoms with Gasteiger partial charge in [-0.3, -0.25) is 4.90 Å². The van der Waals surface area contributed by atoms with Crippen LogP contribution in [0.25, 0.3) is 0 Å². The molecule has 0 aliphatic rings. The lowest BCUT2D eigenvalue weighted by Gasteiger charge is -2.31. The first-order valence-electron chi connectivity index (χ1n) is 6.24. The lowest BCUT2D eigenvalue weighted by molar-refractivity contribution is 0.204. The fourth-order valence-corrected chi connectivity index (χ4v) is 2.87. The second kappa shape index (κ2) is 6.34. The Bertz CT molecular complexity index is 454. The number of benzene rings is 1. The van der Waals surface area contributed by atoms with Crippen LogP contribution in [0, 0.1) is 5.92 Å². The highest BCUT2D eigenvalue weighted by molar-refractivity contribution is 7.90. The minimum atomic E-state index is -2.90. The summed E-state index contributed by atoms with van der Waals surface area (Å²) in [4.78, 5) is 2.13. The van der Waals surface area contributed by atoms with E-state index in [0.717, 1.165) is 0 Å². The third-order valence-corrected chi connectivity index (χ3v) is 3.99. The van der Waals surface area contributed by atoms with E-state index in [4.69, 9.17) is 0 Å². The molecule has 1 aromatic rings. The zero-order valence-corrected chi connectivity index (χ0v) is 12.4. The summed E-state index contributed by atoms with van der Waals surface area (Å²) in [5.41, 5.74) is 1.24. The van der Waals surface area contributed by atoms with Crippen molar-refractivity contribution < 1.29 is 8.42 Å². The van der Waals surface area contributed by atoms with E-state index in [0.29, 0.717) is 12.5 Å². The van der Waals surface area contributed by atoms with E-state index < -0.39 is 9.84 Å². The number of rotatable bonds is 6. The zero-order chi connectivity index (χ0) is 13.8. The monoisotopic (exact) mass is 269 g/mol. The summed E-state index contributed by atoms with van der Waals surface area (Å²) in [6.45, 7) is 4.89. The molecule has 1 rings (SSSR count). The summed E-state index contributed by atoms with van der Waals surface area (Å²) in [6, 6.07) is 10.5. The Morgan fingerprint density at radius 1 is 1.17 bits per heavy atom. The van der Waals surface area contributed by atoms with Gasteiger partial charge in [-0.15, -0.1) is 0 Å². The summed E-state index contributed by atoms with van der Waals surface area (Å²) < 4.78 is 22.5. The predicted molar refractivity (Wildman–Crippen MR) is 76.4 cm³/mol. The van der Waals surface area contributed by atoms with Crippen LogP contribution >= 0.6 is 0 Å². The summed E-state index contributed by atoms with van der Waals surface area (Å²) in [6.07, 6.45) is 1.29. The fraction of sp³-hybridized carbons (Fsp3) is 0.571. The predicted octanol–water partition coefficient (Wildman–Crippen LogP) is 2.36. The molecule has 0 bridgehead atoms. The van der Waals surface area contributed by atoms with Crippen molar-refractivity contribution in [1.82, 2.24) is 4.90 Å². The van der Waals surface area contributed by atoms with Gasteiger partial charge in [-0.1, -0.05) is 44.2 Å². The topological polar surface area (TPSA) is 37.4 Å². The minimum absolute atomic E-state index is 0.208. The molecule has 0 radical (unpaired) electrons. The van der Waals surface area contributed by atoms with E-state index in [9.17, 15) is 8.42 Å². The third kappa shape index (κ3) is 4.78. The lowest BCUT2D eigenvalue weighted by atomic mass is 9.95. The quantitative estimate of drug-likeness (QED) is 0.795. The van der Waals surface area contributed by atoms with E-state index in [1.165, 1.54) is 11.8 Å². The molecule has 1 aromatic carbocycles. The molecule has 0 heterocycles. The van der Waals surface area contributed by atoms with Gasteiger partial charge in [0.25, 0.3) is 0 Å². The number of sulfone groups is 1. The van der Waals surface area contributed by atoms with Gasteiger partial charge in [0, 0.05) is 18.8 Å². The van der Waals surface area contributed by atoms with Gasteiger partial charge in [-0.2, -0.15) is 0 Å². The standard InChI is InChI=1S/C14H23NO2S/c1-12(2)14(13-8-6-5-7-9-13)15(3)10-11-18(4,16)17/h5-9,12,14H,10-11H2,1-4H3/t14-/m1/s1. The molecule has 18 heavy (non-hydrogen) atoms. The van der Waals surface area contributed by atoms with Gasteiger partial charge in [0.1, 0.15) is 9.84 Å². The van der Waals surface area contributed by atoms with Crippen LogP contribution in [0.5, 0.6) is 0 Å². The Morgan fingerprint density at radius 2 is 1.72 bits per heavy atom. The molecule has 0 amide bonds. The second-order valence-corrected chi connectivity index (χ2v) is 7.47. The zero-order valence-electron chi connectivity index (χ0n) is 11.6. The van der Waals surface area contributed by atoms with Crippen molar-refractivity contribution in [2.24, 2.45) is 5.92 Å². The van der Waals surface area contributed by atoms with E-state index in [2.05, 4.69) is 30.9 Å². The fourth-order valence-electron chi connectivity index (χ4n) is 2.25. The molecule has 0 aliphatic carbocycles. The lowest BCUT2D eigenvalue weighted by Crippen LogP contribution is -2.32. The maximum absolute atomic E-state index is 11.2. The van der Waals surface area contributed by atoms with Gasteiger partial charge in [0.05, 0.1) is 5.75 Å². The van der Waals surface area contributed by atoms with E-state index >= 15 is 0 Å². The third-order valence-electron chi connectivity index (χ3n) is 3.06. The molecule has 0 saturated heterocycles. The van der Waals surface area contributed by atoms with Crippen molar-refractivity contribution in [3.63, 3.8) is 0 Å². The van der Waals surface area contributed by atoms with Crippen molar-refractivity contribution in [3.8, 4) is 0 Å². The average molecular weight is 269 g/mol. The molecule has 1 atom stereocenters. The Labute approximate surface area is 111 Å². The first-order valence-corrected chi connectivity index (χ1v) is 8.30. The number of nitrogens with zero attached hydrogens (tertiary/aromatic N) is 1. The van der Waals surface area contributed by atoms with Gasteiger partial charge in [0.15, 0.2) is 0 Å². The van der Waals surface area contributed by atoms with Crippen LogP contribution in [0.3, 0.4) is 0 Å². The maximum atomic E-state index is 11.2. The molecule has 0 fully saturated rings. The molecule has 4 heteroatoms. The number of hydrogen-bond acceptors (Lipinski definition) is 3. The normalized spacial score (nSPS) is 14.1. The highest BCUT2D eigenvalue weighted by Gasteiger charge is 2.21. The minimum Gasteiger partial charge on any atom is -0.298 e. The Morgan fingerprint density at radius 3 is 2.17 bits per heavy atom. The summed E-state index contributed by atoms with van der Waals surface area (Å²) in [7, 11) is -0.913. The summed E-state index contributed by atoms with van der Waals surface area (Å²) >= 11 is 0. The van der Waals surface area contributed by atoms with Gasteiger partial charge >= 0.3 is 0 Å². The second-order valence-electron chi connectivity index (χ2n) is 5.21. The molecule has 0 N–H and O–H groups in total. The average Bonchev–Trinajstić information content (AvgIpc) is 2.26. The smallest absolute Gasteiger partial charge is 0.148 e. The van der Waals surface area contributed by atoms with Crippen LogP contribution in [-0.2, 0) is 9.84 Å². The van der Waals surface area contributed by atoms with Crippen molar-refractivity contribution in [2.45, 2.75) is 19.9 Å². The molecular formula is C14H23NO2S. The highest BCUT2D eigenvalue weighted by Crippen LogP contribution is 2.26. The molecule has 0 saturated carbocycles. The molecule has 0 aliphatic heterocycles. The van der Waals surface area contributed by atoms with Crippen LogP contribution in [0.15, 0.2) is 30.3 Å². The molecule has 0 unspecified atom stereocenters. The van der Waals surface area contributed by atoms with Crippen LogP contribution in [-0.4, -0.2) is 38.9 Å². The van der Waals surface area contributed by atoms with Crippen LogP contribution in [0.2, 0.25) is 0 Å². The van der Waals surface area contributed by atoms with Crippen LogP contribution in [0.1, 0.15) is 25.5 Å². The highest BCUT2D eigenvalue weighted by atomic mass is 32.2. The molecule has 0 spiro atoms. The molecule has 0 aromatic heterocycles. The van der Waals surface area contributed by atoms with E-state index in [1.807, 2.05) is 25.2 Å². The van der Waals surface area contributed by atoms with Gasteiger partial charge in [-0.25, -0.2) is 8.42 Å². The van der Waals surface area contributed by atoms with Gasteiger partial charge in [0.2, 0.25) is 0 Å². The SMILES string of the molecule is CC(C)[C@H](c1ccccc1)N(C)CCS(C)(=O)=O. The van der Waals surface area contributed by atoms with E-state index in [-0.39, 0.29) is 11.8 Å². The molecule has 102 valence electrons. The van der Waals surface area contributed by atoms with Crippen molar-refractivity contribution in [2.75, 3.05) is 25.6 Å².